The van der Waals surface area contributed by atoms with Gasteiger partial charge in [0.05, 0.1) is 17.0 Å². The smallest absolute Gasteiger partial charge is 0.250 e. The molecule has 1 saturated heterocycles. The number of sulfonamides is 1. The molecule has 152 valence electrons. The monoisotopic (exact) mass is 415 g/mol. The number of amides is 1. The van der Waals surface area contributed by atoms with Gasteiger partial charge in [0.15, 0.2) is 6.10 Å². The number of carbonyl (C=O) groups excluding carboxylic acids is 1. The molecule has 2 aliphatic heterocycles. The average molecular weight is 415 g/mol. The highest BCUT2D eigenvalue weighted by Crippen LogP contribution is 2.41. The normalized spacial score (nSPS) is 21.3. The van der Waals surface area contributed by atoms with Crippen molar-refractivity contribution in [1.29, 1.82) is 5.26 Å². The second kappa shape index (κ2) is 7.26. The number of imidazole rings is 1. The lowest BCUT2D eigenvalue weighted by atomic mass is 9.89. The third-order valence-electron chi connectivity index (χ3n) is 5.55. The fourth-order valence-electron chi connectivity index (χ4n) is 4.05. The Balaban J connectivity index is 1.61. The molecule has 2 aromatic rings. The fourth-order valence-corrected chi connectivity index (χ4v) is 5.63. The summed E-state index contributed by atoms with van der Waals surface area (Å²) < 4.78 is 35.7. The number of fused-ring (bicyclic) bond motifs is 2. The Hall–Kier alpha value is -2.74. The van der Waals surface area contributed by atoms with E-state index in [1.54, 1.807) is 25.4 Å². The van der Waals surface area contributed by atoms with E-state index < -0.39 is 21.7 Å². The van der Waals surface area contributed by atoms with Crippen LogP contribution in [-0.2, 0) is 31.7 Å². The van der Waals surface area contributed by atoms with E-state index in [2.05, 4.69) is 10.3 Å². The van der Waals surface area contributed by atoms with Gasteiger partial charge >= 0.3 is 0 Å². The molecule has 0 bridgehead atoms. The van der Waals surface area contributed by atoms with Crippen molar-refractivity contribution in [3.05, 3.63) is 48.0 Å². The molecular formula is C19H21N5O4S. The number of carbonyl (C=O) groups is 1. The number of benzene rings is 1. The number of ether oxygens (including phenoxy) is 1. The third-order valence-corrected chi connectivity index (χ3v) is 7.50. The number of likely N-dealkylation sites (N-methyl/N-ethyl adjacent to an activating group) is 1. The number of nitrogens with zero attached hydrogens (tertiary/aromatic N) is 4. The molecule has 10 heteroatoms. The van der Waals surface area contributed by atoms with Gasteiger partial charge in [-0.1, -0.05) is 12.1 Å². The third kappa shape index (κ3) is 3.21. The molecule has 2 aliphatic rings. The van der Waals surface area contributed by atoms with Gasteiger partial charge in [-0.05, 0) is 25.0 Å². The number of nitriles is 1. The van der Waals surface area contributed by atoms with Gasteiger partial charge in [0.2, 0.25) is 10.0 Å². The van der Waals surface area contributed by atoms with E-state index in [0.29, 0.717) is 25.2 Å². The van der Waals surface area contributed by atoms with Gasteiger partial charge < -0.3 is 14.6 Å². The molecule has 1 amide bonds. The molecule has 1 aromatic heterocycles. The van der Waals surface area contributed by atoms with E-state index in [1.807, 2.05) is 16.8 Å². The summed E-state index contributed by atoms with van der Waals surface area (Å²) in [4.78, 5) is 16.6. The van der Waals surface area contributed by atoms with Crippen molar-refractivity contribution < 1.29 is 17.9 Å². The second-order valence-electron chi connectivity index (χ2n) is 7.13. The molecule has 4 rings (SSSR count). The van der Waals surface area contributed by atoms with Crippen LogP contribution in [0.2, 0.25) is 0 Å². The van der Waals surface area contributed by atoms with Crippen LogP contribution in [0.25, 0.3) is 0 Å². The minimum Gasteiger partial charge on any atom is -0.357 e. The lowest BCUT2D eigenvalue weighted by molar-refractivity contribution is -0.170. The molecule has 0 radical (unpaired) electrons. The zero-order valence-corrected chi connectivity index (χ0v) is 16.7. The highest BCUT2D eigenvalue weighted by atomic mass is 32.2. The molecule has 1 spiro atoms. The molecule has 1 aromatic carbocycles. The first-order chi connectivity index (χ1) is 13.9. The summed E-state index contributed by atoms with van der Waals surface area (Å²) in [5, 5.41) is 11.9. The Morgan fingerprint density at radius 2 is 2.07 bits per heavy atom. The Kier molecular flexibility index (Phi) is 4.90. The van der Waals surface area contributed by atoms with Gasteiger partial charge in [-0.3, -0.25) is 4.79 Å². The van der Waals surface area contributed by atoms with Crippen molar-refractivity contribution >= 4 is 15.9 Å². The maximum Gasteiger partial charge on any atom is 0.250 e. The first-order valence-electron chi connectivity index (χ1n) is 9.31. The second-order valence-corrected chi connectivity index (χ2v) is 9.04. The topological polar surface area (TPSA) is 117 Å². The summed E-state index contributed by atoms with van der Waals surface area (Å²) in [5.74, 6) is 0.494. The van der Waals surface area contributed by atoms with E-state index in [4.69, 9.17) is 4.74 Å². The first-order valence-corrected chi connectivity index (χ1v) is 10.8. The number of piperidine rings is 1. The standard InChI is InChI=1S/C19H21N5O4S/c1-21-17(25)15-13-23-11-8-22-18(23)19(28-15)6-9-24(10-7-19)29(26,27)16-5-3-2-4-14(16)12-20/h2-5,8,11,15H,6-7,9-10,13H2,1H3,(H,21,25)/t15-/m1/s1. The number of rotatable bonds is 3. The van der Waals surface area contributed by atoms with Crippen LogP contribution in [0.1, 0.15) is 24.2 Å². The minimum atomic E-state index is -3.81. The van der Waals surface area contributed by atoms with Crippen molar-refractivity contribution in [2.24, 2.45) is 0 Å². The Labute approximate surface area is 169 Å². The molecule has 0 unspecified atom stereocenters. The van der Waals surface area contributed by atoms with E-state index in [1.165, 1.54) is 16.4 Å². The number of hydrogen-bond donors (Lipinski definition) is 1. The Morgan fingerprint density at radius 1 is 1.34 bits per heavy atom. The minimum absolute atomic E-state index is 0.00718. The highest BCUT2D eigenvalue weighted by molar-refractivity contribution is 7.89. The van der Waals surface area contributed by atoms with Crippen molar-refractivity contribution in [1.82, 2.24) is 19.2 Å². The summed E-state index contributed by atoms with van der Waals surface area (Å²) in [6.07, 6.45) is 3.54. The molecular weight excluding hydrogens is 394 g/mol. The largest absolute Gasteiger partial charge is 0.357 e. The lowest BCUT2D eigenvalue weighted by Gasteiger charge is -2.45. The van der Waals surface area contributed by atoms with E-state index >= 15 is 0 Å². The number of nitrogens with one attached hydrogen (secondary N) is 1. The van der Waals surface area contributed by atoms with Crippen LogP contribution in [0.4, 0.5) is 0 Å². The van der Waals surface area contributed by atoms with E-state index in [0.717, 1.165) is 0 Å². The van der Waals surface area contributed by atoms with E-state index in [9.17, 15) is 18.5 Å². The van der Waals surface area contributed by atoms with Crippen molar-refractivity contribution in [2.75, 3.05) is 20.1 Å². The molecule has 1 fully saturated rings. The molecule has 0 aliphatic carbocycles. The van der Waals surface area contributed by atoms with Crippen LogP contribution < -0.4 is 5.32 Å². The van der Waals surface area contributed by atoms with Crippen LogP contribution >= 0.6 is 0 Å². The summed E-state index contributed by atoms with van der Waals surface area (Å²) in [7, 11) is -2.25. The zero-order valence-electron chi connectivity index (χ0n) is 15.9. The molecule has 29 heavy (non-hydrogen) atoms. The van der Waals surface area contributed by atoms with Gasteiger partial charge in [0.25, 0.3) is 5.91 Å². The molecule has 3 heterocycles. The van der Waals surface area contributed by atoms with Crippen LogP contribution in [0.15, 0.2) is 41.6 Å². The maximum atomic E-state index is 13.1. The predicted molar refractivity (Wildman–Crippen MR) is 102 cm³/mol. The summed E-state index contributed by atoms with van der Waals surface area (Å²) in [6.45, 7) is 0.777. The maximum absolute atomic E-state index is 13.1. The highest BCUT2D eigenvalue weighted by Gasteiger charge is 2.48. The van der Waals surface area contributed by atoms with Gasteiger partial charge in [-0.2, -0.15) is 9.57 Å². The molecule has 9 nitrogen and oxygen atoms in total. The first kappa shape index (κ1) is 19.6. The number of hydrogen-bond acceptors (Lipinski definition) is 6. The molecule has 1 N–H and O–H groups in total. The van der Waals surface area contributed by atoms with Gasteiger partial charge in [-0.15, -0.1) is 0 Å². The van der Waals surface area contributed by atoms with Crippen LogP contribution in [0.3, 0.4) is 0 Å². The van der Waals surface area contributed by atoms with Gasteiger partial charge in [-0.25, -0.2) is 13.4 Å². The fraction of sp³-hybridized carbons (Fsp3) is 0.421. The van der Waals surface area contributed by atoms with Gasteiger partial charge in [0.1, 0.15) is 17.5 Å². The Bertz CT molecular complexity index is 1080. The quantitative estimate of drug-likeness (QED) is 0.784. The Morgan fingerprint density at radius 3 is 2.76 bits per heavy atom. The molecule has 1 atom stereocenters. The van der Waals surface area contributed by atoms with Crippen molar-refractivity contribution in [3.8, 4) is 6.07 Å². The summed E-state index contributed by atoms with van der Waals surface area (Å²) in [6, 6.07) is 8.13. The van der Waals surface area contributed by atoms with Crippen molar-refractivity contribution in [3.63, 3.8) is 0 Å². The van der Waals surface area contributed by atoms with Crippen LogP contribution in [-0.4, -0.2) is 54.4 Å². The predicted octanol–water partition coefficient (Wildman–Crippen LogP) is 0.580. The van der Waals surface area contributed by atoms with E-state index in [-0.39, 0.29) is 29.5 Å². The number of aromatic nitrogens is 2. The van der Waals surface area contributed by atoms with Crippen molar-refractivity contribution in [2.45, 2.75) is 36.0 Å². The summed E-state index contributed by atoms with van der Waals surface area (Å²) >= 11 is 0. The SMILES string of the molecule is CNC(=O)[C@H]1Cn2ccnc2C2(CCN(S(=O)(=O)c3ccccc3C#N)CC2)O1. The average Bonchev–Trinajstić information content (AvgIpc) is 3.23. The lowest BCUT2D eigenvalue weighted by Crippen LogP contribution is -2.54. The van der Waals surface area contributed by atoms with Crippen LogP contribution in [0, 0.1) is 11.3 Å². The zero-order chi connectivity index (χ0) is 20.6. The summed E-state index contributed by atoms with van der Waals surface area (Å²) in [5.41, 5.74) is -0.698. The van der Waals surface area contributed by atoms with Crippen LogP contribution in [0.5, 0.6) is 0 Å². The molecule has 0 saturated carbocycles. The van der Waals surface area contributed by atoms with Gasteiger partial charge in [0, 0.05) is 32.5 Å².